The van der Waals surface area contributed by atoms with E-state index in [1.165, 1.54) is 0 Å². The second kappa shape index (κ2) is 5.60. The summed E-state index contributed by atoms with van der Waals surface area (Å²) < 4.78 is 6.96. The number of methoxy groups -OCH3 is 1. The lowest BCUT2D eigenvalue weighted by atomic mass is 10.3. The van der Waals surface area contributed by atoms with Crippen molar-refractivity contribution in [1.82, 2.24) is 4.57 Å². The van der Waals surface area contributed by atoms with Gasteiger partial charge >= 0.3 is 0 Å². The molecule has 1 rings (SSSR count). The van der Waals surface area contributed by atoms with Gasteiger partial charge in [-0.2, -0.15) is 0 Å². The summed E-state index contributed by atoms with van der Waals surface area (Å²) in [6.07, 6.45) is 4.03. The van der Waals surface area contributed by atoms with Crippen LogP contribution < -0.4 is 0 Å². The Bertz CT molecular complexity index is 291. The first kappa shape index (κ1) is 11.0. The van der Waals surface area contributed by atoms with Crippen LogP contribution in [0.4, 0.5) is 0 Å². The van der Waals surface area contributed by atoms with E-state index in [4.69, 9.17) is 4.74 Å². The Morgan fingerprint density at radius 2 is 2.29 bits per heavy atom. The molecule has 3 heteroatoms. The molecule has 14 heavy (non-hydrogen) atoms. The quantitative estimate of drug-likeness (QED) is 0.514. The highest BCUT2D eigenvalue weighted by molar-refractivity contribution is 5.92. The van der Waals surface area contributed by atoms with Gasteiger partial charge in [0.25, 0.3) is 0 Å². The molecule has 1 aromatic heterocycles. The second-order valence-corrected chi connectivity index (χ2v) is 3.34. The summed E-state index contributed by atoms with van der Waals surface area (Å²) in [6, 6.07) is 3.77. The van der Waals surface area contributed by atoms with E-state index in [1.54, 1.807) is 14.0 Å². The number of nitrogens with zero attached hydrogens (tertiary/aromatic N) is 1. The molecule has 0 bridgehead atoms. The molecular weight excluding hydrogens is 178 g/mol. The molecule has 0 aliphatic rings. The van der Waals surface area contributed by atoms with Crippen molar-refractivity contribution in [2.24, 2.45) is 0 Å². The van der Waals surface area contributed by atoms with E-state index in [-0.39, 0.29) is 5.78 Å². The fourth-order valence-corrected chi connectivity index (χ4v) is 1.46. The molecule has 0 aromatic carbocycles. The van der Waals surface area contributed by atoms with Crippen LogP contribution in [0.25, 0.3) is 0 Å². The van der Waals surface area contributed by atoms with E-state index in [9.17, 15) is 4.79 Å². The van der Waals surface area contributed by atoms with Crippen molar-refractivity contribution in [2.45, 2.75) is 26.3 Å². The SMILES string of the molecule is COCCCCn1cccc1C(C)=O. The predicted molar refractivity (Wildman–Crippen MR) is 55.5 cm³/mol. The summed E-state index contributed by atoms with van der Waals surface area (Å²) >= 11 is 0. The van der Waals surface area contributed by atoms with Gasteiger partial charge in [0.05, 0.1) is 5.69 Å². The highest BCUT2D eigenvalue weighted by Crippen LogP contribution is 2.05. The molecule has 0 fully saturated rings. The third-order valence-corrected chi connectivity index (χ3v) is 2.19. The van der Waals surface area contributed by atoms with Gasteiger partial charge in [-0.3, -0.25) is 4.79 Å². The first-order valence-corrected chi connectivity index (χ1v) is 4.90. The molecule has 0 amide bonds. The van der Waals surface area contributed by atoms with Crippen molar-refractivity contribution in [3.63, 3.8) is 0 Å². The molecule has 0 spiro atoms. The maximum absolute atomic E-state index is 11.2. The van der Waals surface area contributed by atoms with Crippen LogP contribution in [-0.2, 0) is 11.3 Å². The molecule has 1 heterocycles. The fourth-order valence-electron chi connectivity index (χ4n) is 1.46. The Hall–Kier alpha value is -1.09. The molecule has 0 aliphatic carbocycles. The van der Waals surface area contributed by atoms with Crippen molar-refractivity contribution < 1.29 is 9.53 Å². The van der Waals surface area contributed by atoms with Crippen LogP contribution in [-0.4, -0.2) is 24.1 Å². The Kier molecular flexibility index (Phi) is 4.40. The molecule has 0 saturated heterocycles. The highest BCUT2D eigenvalue weighted by atomic mass is 16.5. The summed E-state index contributed by atoms with van der Waals surface area (Å²) in [5, 5.41) is 0. The van der Waals surface area contributed by atoms with Crippen LogP contribution in [0.1, 0.15) is 30.3 Å². The number of hydrogen-bond donors (Lipinski definition) is 0. The summed E-state index contributed by atoms with van der Waals surface area (Å²) in [5.41, 5.74) is 0.794. The average Bonchev–Trinajstić information content (AvgIpc) is 2.60. The molecular formula is C11H17NO2. The van der Waals surface area contributed by atoms with E-state index in [0.29, 0.717) is 0 Å². The van der Waals surface area contributed by atoms with Gasteiger partial charge in [-0.1, -0.05) is 0 Å². The van der Waals surface area contributed by atoms with Gasteiger partial charge in [-0.15, -0.1) is 0 Å². The van der Waals surface area contributed by atoms with Crippen molar-refractivity contribution >= 4 is 5.78 Å². The van der Waals surface area contributed by atoms with Gasteiger partial charge < -0.3 is 9.30 Å². The normalized spacial score (nSPS) is 10.4. The number of ether oxygens (including phenoxy) is 1. The van der Waals surface area contributed by atoms with E-state index in [0.717, 1.165) is 31.7 Å². The number of rotatable bonds is 6. The van der Waals surface area contributed by atoms with Gasteiger partial charge in [0.1, 0.15) is 0 Å². The zero-order chi connectivity index (χ0) is 10.4. The van der Waals surface area contributed by atoms with Gasteiger partial charge in [-0.25, -0.2) is 0 Å². The van der Waals surface area contributed by atoms with Gasteiger partial charge in [-0.05, 0) is 25.0 Å². The Morgan fingerprint density at radius 3 is 2.93 bits per heavy atom. The van der Waals surface area contributed by atoms with Crippen LogP contribution >= 0.6 is 0 Å². The third-order valence-electron chi connectivity index (χ3n) is 2.19. The van der Waals surface area contributed by atoms with E-state index >= 15 is 0 Å². The Labute approximate surface area is 84.7 Å². The monoisotopic (exact) mass is 195 g/mol. The van der Waals surface area contributed by atoms with Crippen LogP contribution in [0.2, 0.25) is 0 Å². The highest BCUT2D eigenvalue weighted by Gasteiger charge is 2.04. The summed E-state index contributed by atoms with van der Waals surface area (Å²) in [6.45, 7) is 3.28. The maximum atomic E-state index is 11.2. The van der Waals surface area contributed by atoms with E-state index < -0.39 is 0 Å². The minimum Gasteiger partial charge on any atom is -0.385 e. The summed E-state index contributed by atoms with van der Waals surface area (Å²) in [7, 11) is 1.71. The van der Waals surface area contributed by atoms with Crippen molar-refractivity contribution in [2.75, 3.05) is 13.7 Å². The average molecular weight is 195 g/mol. The summed E-state index contributed by atoms with van der Waals surface area (Å²) in [4.78, 5) is 11.2. The van der Waals surface area contributed by atoms with Crippen LogP contribution in [0.5, 0.6) is 0 Å². The minimum absolute atomic E-state index is 0.127. The van der Waals surface area contributed by atoms with E-state index in [1.807, 2.05) is 22.9 Å². The van der Waals surface area contributed by atoms with Crippen molar-refractivity contribution in [3.05, 3.63) is 24.0 Å². The third kappa shape index (κ3) is 3.00. The lowest BCUT2D eigenvalue weighted by molar-refractivity contribution is 0.100. The number of aromatic nitrogens is 1. The molecule has 0 radical (unpaired) electrons. The minimum atomic E-state index is 0.127. The largest absolute Gasteiger partial charge is 0.385 e. The number of hydrogen-bond acceptors (Lipinski definition) is 2. The zero-order valence-electron chi connectivity index (χ0n) is 8.82. The van der Waals surface area contributed by atoms with Gasteiger partial charge in [0.15, 0.2) is 5.78 Å². The standard InChI is InChI=1S/C11H17NO2/c1-10(13)11-6-5-8-12(11)7-3-4-9-14-2/h5-6,8H,3-4,7,9H2,1-2H3. The molecule has 0 saturated carbocycles. The van der Waals surface area contributed by atoms with E-state index in [2.05, 4.69) is 0 Å². The van der Waals surface area contributed by atoms with Gasteiger partial charge in [0, 0.05) is 33.4 Å². The number of unbranched alkanes of at least 4 members (excludes halogenated alkanes) is 1. The topological polar surface area (TPSA) is 31.2 Å². The molecule has 0 unspecified atom stereocenters. The first-order valence-electron chi connectivity index (χ1n) is 4.90. The fraction of sp³-hybridized carbons (Fsp3) is 0.545. The van der Waals surface area contributed by atoms with Crippen LogP contribution in [0, 0.1) is 0 Å². The molecule has 1 aromatic rings. The van der Waals surface area contributed by atoms with Crippen molar-refractivity contribution in [3.8, 4) is 0 Å². The van der Waals surface area contributed by atoms with Crippen LogP contribution in [0.3, 0.4) is 0 Å². The second-order valence-electron chi connectivity index (χ2n) is 3.34. The molecule has 0 N–H and O–H groups in total. The maximum Gasteiger partial charge on any atom is 0.176 e. The summed E-state index contributed by atoms with van der Waals surface area (Å²) in [5.74, 6) is 0.127. The van der Waals surface area contributed by atoms with Crippen molar-refractivity contribution in [1.29, 1.82) is 0 Å². The zero-order valence-corrected chi connectivity index (χ0v) is 8.82. The van der Waals surface area contributed by atoms with Gasteiger partial charge in [0.2, 0.25) is 0 Å². The number of Topliss-reactive ketones (excluding diaryl/α,β-unsaturated/α-hetero) is 1. The lowest BCUT2D eigenvalue weighted by Crippen LogP contribution is -2.06. The smallest absolute Gasteiger partial charge is 0.176 e. The molecule has 3 nitrogen and oxygen atoms in total. The number of ketones is 1. The lowest BCUT2D eigenvalue weighted by Gasteiger charge is -2.06. The molecule has 78 valence electrons. The Balaban J connectivity index is 2.42. The number of aryl methyl sites for hydroxylation is 1. The first-order chi connectivity index (χ1) is 6.75. The number of carbonyl (C=O) groups excluding carboxylic acids is 1. The number of carbonyl (C=O) groups is 1. The predicted octanol–water partition coefficient (Wildman–Crippen LogP) is 2.12. The molecule has 0 atom stereocenters. The van der Waals surface area contributed by atoms with Crippen LogP contribution in [0.15, 0.2) is 18.3 Å². The Morgan fingerprint density at radius 1 is 1.50 bits per heavy atom. The molecule has 0 aliphatic heterocycles.